The van der Waals surface area contributed by atoms with Gasteiger partial charge in [0.1, 0.15) is 0 Å². The number of rotatable bonds is 5. The Morgan fingerprint density at radius 2 is 2.00 bits per heavy atom. The van der Waals surface area contributed by atoms with Gasteiger partial charge in [-0.3, -0.25) is 4.90 Å². The molecule has 0 saturated heterocycles. The Balaban J connectivity index is 1.60. The molecule has 2 saturated carbocycles. The standard InChI is InChI=1S/C16H26N2S/c17-16-5-3-1-2-4-14(16)11-18(15-6-7-15)10-13-8-9-19-12-13/h8-9,12,14-16H,1-7,10-11,17H2. The summed E-state index contributed by atoms with van der Waals surface area (Å²) >= 11 is 1.81. The summed E-state index contributed by atoms with van der Waals surface area (Å²) in [7, 11) is 0. The summed E-state index contributed by atoms with van der Waals surface area (Å²) in [5.41, 5.74) is 7.88. The zero-order valence-corrected chi connectivity index (χ0v) is 12.6. The third-order valence-corrected chi connectivity index (χ3v) is 5.45. The highest BCUT2D eigenvalue weighted by Crippen LogP contribution is 2.32. The van der Waals surface area contributed by atoms with Gasteiger partial charge < -0.3 is 5.73 Å². The van der Waals surface area contributed by atoms with Gasteiger partial charge in [0.2, 0.25) is 0 Å². The fourth-order valence-corrected chi connectivity index (χ4v) is 4.00. The maximum Gasteiger partial charge on any atom is 0.0245 e. The van der Waals surface area contributed by atoms with Crippen LogP contribution in [0.5, 0.6) is 0 Å². The molecule has 3 rings (SSSR count). The molecule has 0 spiro atoms. The molecule has 2 N–H and O–H groups in total. The summed E-state index contributed by atoms with van der Waals surface area (Å²) in [6.45, 7) is 2.36. The number of thiophene rings is 1. The van der Waals surface area contributed by atoms with Gasteiger partial charge in [-0.25, -0.2) is 0 Å². The molecule has 1 aromatic rings. The highest BCUT2D eigenvalue weighted by molar-refractivity contribution is 7.07. The minimum Gasteiger partial charge on any atom is -0.327 e. The van der Waals surface area contributed by atoms with Gasteiger partial charge in [-0.1, -0.05) is 19.3 Å². The zero-order chi connectivity index (χ0) is 13.1. The average molecular weight is 278 g/mol. The minimum atomic E-state index is 0.436. The molecule has 0 radical (unpaired) electrons. The molecule has 2 aliphatic rings. The SMILES string of the molecule is NC1CCCCCC1CN(Cc1ccsc1)C1CC1. The first kappa shape index (κ1) is 13.6. The molecule has 2 nitrogen and oxygen atoms in total. The summed E-state index contributed by atoms with van der Waals surface area (Å²) in [5.74, 6) is 0.724. The molecule has 2 fully saturated rings. The Morgan fingerprint density at radius 1 is 1.16 bits per heavy atom. The monoisotopic (exact) mass is 278 g/mol. The minimum absolute atomic E-state index is 0.436. The Morgan fingerprint density at radius 3 is 2.74 bits per heavy atom. The Labute approximate surface area is 121 Å². The van der Waals surface area contributed by atoms with Crippen LogP contribution in [0.2, 0.25) is 0 Å². The van der Waals surface area contributed by atoms with Crippen molar-refractivity contribution in [3.05, 3.63) is 22.4 Å². The van der Waals surface area contributed by atoms with Gasteiger partial charge in [0.05, 0.1) is 0 Å². The molecular weight excluding hydrogens is 252 g/mol. The lowest BCUT2D eigenvalue weighted by Crippen LogP contribution is -2.39. The number of nitrogens with zero attached hydrogens (tertiary/aromatic N) is 1. The van der Waals surface area contributed by atoms with Crippen molar-refractivity contribution in [2.45, 2.75) is 63.6 Å². The third-order valence-electron chi connectivity index (χ3n) is 4.72. The normalized spacial score (nSPS) is 28.5. The van der Waals surface area contributed by atoms with E-state index in [1.165, 1.54) is 57.1 Å². The largest absolute Gasteiger partial charge is 0.327 e. The third kappa shape index (κ3) is 3.80. The van der Waals surface area contributed by atoms with Gasteiger partial charge in [-0.05, 0) is 54.0 Å². The predicted octanol–water partition coefficient (Wildman–Crippen LogP) is 3.62. The molecule has 1 heterocycles. The van der Waals surface area contributed by atoms with Crippen molar-refractivity contribution >= 4 is 11.3 Å². The maximum atomic E-state index is 6.40. The first-order valence-electron chi connectivity index (χ1n) is 7.83. The van der Waals surface area contributed by atoms with Crippen LogP contribution in [-0.4, -0.2) is 23.5 Å². The van der Waals surface area contributed by atoms with Crippen LogP contribution < -0.4 is 5.73 Å². The van der Waals surface area contributed by atoms with Gasteiger partial charge in [0.25, 0.3) is 0 Å². The smallest absolute Gasteiger partial charge is 0.0245 e. The fourth-order valence-electron chi connectivity index (χ4n) is 3.34. The van der Waals surface area contributed by atoms with Crippen molar-refractivity contribution in [1.29, 1.82) is 0 Å². The highest BCUT2D eigenvalue weighted by Gasteiger charge is 2.32. The predicted molar refractivity (Wildman–Crippen MR) is 82.3 cm³/mol. The lowest BCUT2D eigenvalue weighted by Gasteiger charge is -2.29. The van der Waals surface area contributed by atoms with E-state index in [1.54, 1.807) is 0 Å². The molecule has 0 amide bonds. The number of nitrogens with two attached hydrogens (primary N) is 1. The van der Waals surface area contributed by atoms with Crippen LogP contribution in [0.25, 0.3) is 0 Å². The van der Waals surface area contributed by atoms with Crippen molar-refractivity contribution in [3.63, 3.8) is 0 Å². The van der Waals surface area contributed by atoms with Crippen LogP contribution in [0.15, 0.2) is 16.8 Å². The van der Waals surface area contributed by atoms with Crippen molar-refractivity contribution < 1.29 is 0 Å². The van der Waals surface area contributed by atoms with E-state index in [0.717, 1.165) is 18.5 Å². The Kier molecular flexibility index (Phi) is 4.57. The average Bonchev–Trinajstić information content (AvgIpc) is 3.16. The molecule has 0 aromatic carbocycles. The van der Waals surface area contributed by atoms with Crippen molar-refractivity contribution in [1.82, 2.24) is 4.90 Å². The number of hydrogen-bond acceptors (Lipinski definition) is 3. The summed E-state index contributed by atoms with van der Waals surface area (Å²) in [5, 5.41) is 4.49. The van der Waals surface area contributed by atoms with Gasteiger partial charge in [0, 0.05) is 25.2 Å². The molecule has 3 heteroatoms. The van der Waals surface area contributed by atoms with E-state index in [1.807, 2.05) is 11.3 Å². The quantitative estimate of drug-likeness (QED) is 0.834. The van der Waals surface area contributed by atoms with Crippen LogP contribution in [0, 0.1) is 5.92 Å². The van der Waals surface area contributed by atoms with E-state index in [0.29, 0.717) is 6.04 Å². The molecule has 2 aliphatic carbocycles. The molecule has 1 aromatic heterocycles. The second-order valence-corrected chi connectivity index (χ2v) is 7.13. The van der Waals surface area contributed by atoms with E-state index in [9.17, 15) is 0 Å². The summed E-state index contributed by atoms with van der Waals surface area (Å²) in [6, 6.07) is 3.55. The van der Waals surface area contributed by atoms with Gasteiger partial charge in [-0.2, -0.15) is 11.3 Å². The summed E-state index contributed by atoms with van der Waals surface area (Å²) in [4.78, 5) is 2.71. The van der Waals surface area contributed by atoms with Crippen LogP contribution in [0.1, 0.15) is 50.5 Å². The molecule has 2 atom stereocenters. The number of hydrogen-bond donors (Lipinski definition) is 1. The van der Waals surface area contributed by atoms with E-state index >= 15 is 0 Å². The molecule has 2 unspecified atom stereocenters. The van der Waals surface area contributed by atoms with Gasteiger partial charge >= 0.3 is 0 Å². The van der Waals surface area contributed by atoms with E-state index in [4.69, 9.17) is 5.73 Å². The zero-order valence-electron chi connectivity index (χ0n) is 11.8. The first-order valence-corrected chi connectivity index (χ1v) is 8.78. The molecule has 0 aliphatic heterocycles. The first-order chi connectivity index (χ1) is 9.33. The van der Waals surface area contributed by atoms with Crippen LogP contribution >= 0.6 is 11.3 Å². The molecular formula is C16H26N2S. The van der Waals surface area contributed by atoms with Gasteiger partial charge in [-0.15, -0.1) is 0 Å². The topological polar surface area (TPSA) is 29.3 Å². The van der Waals surface area contributed by atoms with Crippen molar-refractivity contribution in [2.75, 3.05) is 6.54 Å². The molecule has 106 valence electrons. The lowest BCUT2D eigenvalue weighted by molar-refractivity contribution is 0.191. The molecule has 0 bridgehead atoms. The fraction of sp³-hybridized carbons (Fsp3) is 0.750. The Hall–Kier alpha value is -0.380. The second-order valence-electron chi connectivity index (χ2n) is 6.35. The van der Waals surface area contributed by atoms with Crippen LogP contribution in [-0.2, 0) is 6.54 Å². The van der Waals surface area contributed by atoms with Gasteiger partial charge in [0.15, 0.2) is 0 Å². The van der Waals surface area contributed by atoms with E-state index in [-0.39, 0.29) is 0 Å². The van der Waals surface area contributed by atoms with Crippen molar-refractivity contribution in [2.24, 2.45) is 11.7 Å². The summed E-state index contributed by atoms with van der Waals surface area (Å²) in [6.07, 6.45) is 9.48. The lowest BCUT2D eigenvalue weighted by atomic mass is 9.94. The second kappa shape index (κ2) is 6.38. The van der Waals surface area contributed by atoms with Crippen molar-refractivity contribution in [3.8, 4) is 0 Å². The maximum absolute atomic E-state index is 6.40. The Bertz CT molecular complexity index is 372. The molecule has 19 heavy (non-hydrogen) atoms. The highest BCUT2D eigenvalue weighted by atomic mass is 32.1. The van der Waals surface area contributed by atoms with E-state index in [2.05, 4.69) is 21.7 Å². The van der Waals surface area contributed by atoms with Crippen LogP contribution in [0.3, 0.4) is 0 Å². The summed E-state index contributed by atoms with van der Waals surface area (Å²) < 4.78 is 0. The van der Waals surface area contributed by atoms with E-state index < -0.39 is 0 Å². The van der Waals surface area contributed by atoms with Crippen LogP contribution in [0.4, 0.5) is 0 Å².